The van der Waals surface area contributed by atoms with Crippen molar-refractivity contribution in [2.75, 3.05) is 27.9 Å². The molecule has 0 atom stereocenters. The molecule has 1 aliphatic rings. The third kappa shape index (κ3) is 4.51. The predicted molar refractivity (Wildman–Crippen MR) is 115 cm³/mol. The van der Waals surface area contributed by atoms with E-state index in [0.717, 1.165) is 24.0 Å². The molecular weight excluding hydrogens is 412 g/mol. The van der Waals surface area contributed by atoms with Crippen LogP contribution in [0.3, 0.4) is 0 Å². The van der Waals surface area contributed by atoms with Crippen LogP contribution in [0.4, 0.5) is 11.4 Å². The first kappa shape index (κ1) is 21.4. The van der Waals surface area contributed by atoms with Gasteiger partial charge in [-0.25, -0.2) is 16.8 Å². The van der Waals surface area contributed by atoms with Gasteiger partial charge in [-0.3, -0.25) is 9.03 Å². The minimum atomic E-state index is -3.83. The van der Waals surface area contributed by atoms with Crippen molar-refractivity contribution in [3.63, 3.8) is 0 Å². The minimum Gasteiger partial charge on any atom is -0.494 e. The van der Waals surface area contributed by atoms with E-state index in [-0.39, 0.29) is 10.6 Å². The lowest BCUT2D eigenvalue weighted by atomic mass is 10.0. The van der Waals surface area contributed by atoms with Crippen LogP contribution in [0.25, 0.3) is 0 Å². The van der Waals surface area contributed by atoms with Gasteiger partial charge in [-0.15, -0.1) is 0 Å². The Kier molecular flexibility index (Phi) is 6.09. The maximum Gasteiger partial charge on any atom is 0.261 e. The van der Waals surface area contributed by atoms with Gasteiger partial charge in [-0.2, -0.15) is 0 Å². The van der Waals surface area contributed by atoms with Crippen molar-refractivity contribution in [1.29, 1.82) is 0 Å². The second-order valence-corrected chi connectivity index (χ2v) is 10.7. The summed E-state index contributed by atoms with van der Waals surface area (Å²) in [6.45, 7) is 6.15. The zero-order valence-electron chi connectivity index (χ0n) is 16.8. The van der Waals surface area contributed by atoms with Gasteiger partial charge in [0.15, 0.2) is 0 Å². The van der Waals surface area contributed by atoms with Crippen LogP contribution in [-0.2, 0) is 26.5 Å². The van der Waals surface area contributed by atoms with Gasteiger partial charge in [0.25, 0.3) is 10.0 Å². The van der Waals surface area contributed by atoms with Gasteiger partial charge in [0.1, 0.15) is 5.75 Å². The molecule has 0 unspecified atom stereocenters. The molecule has 0 aliphatic carbocycles. The molecule has 29 heavy (non-hydrogen) atoms. The Morgan fingerprint density at radius 1 is 1.07 bits per heavy atom. The lowest BCUT2D eigenvalue weighted by Gasteiger charge is -2.30. The number of hydrogen-bond acceptors (Lipinski definition) is 5. The first-order valence-electron chi connectivity index (χ1n) is 9.57. The number of anilines is 2. The highest BCUT2D eigenvalue weighted by atomic mass is 32.2. The summed E-state index contributed by atoms with van der Waals surface area (Å²) in [6, 6.07) is 9.73. The lowest BCUT2D eigenvalue weighted by Crippen LogP contribution is -2.36. The number of aryl methyl sites for hydroxylation is 2. The van der Waals surface area contributed by atoms with E-state index in [2.05, 4.69) is 4.72 Å². The first-order valence-corrected chi connectivity index (χ1v) is 12.7. The fraction of sp³-hybridized carbons (Fsp3) is 0.400. The number of ether oxygens (including phenoxy) is 1. The van der Waals surface area contributed by atoms with Crippen molar-refractivity contribution in [2.24, 2.45) is 0 Å². The molecule has 0 saturated carbocycles. The van der Waals surface area contributed by atoms with Crippen molar-refractivity contribution in [3.05, 3.63) is 47.5 Å². The molecule has 158 valence electrons. The summed E-state index contributed by atoms with van der Waals surface area (Å²) in [7, 11) is -7.25. The summed E-state index contributed by atoms with van der Waals surface area (Å²) in [4.78, 5) is 0.120. The van der Waals surface area contributed by atoms with E-state index in [1.807, 2.05) is 6.92 Å². The Bertz CT molecular complexity index is 1110. The Balaban J connectivity index is 1.93. The predicted octanol–water partition coefficient (Wildman–Crippen LogP) is 3.30. The monoisotopic (exact) mass is 438 g/mol. The summed E-state index contributed by atoms with van der Waals surface area (Å²) in [5.41, 5.74) is 2.49. The standard InChI is InChI=1S/C20H26N2O5S2/c1-4-27-20-11-10-18(13-15(20)3)29(25,26)21-17-9-8-16-7-6-12-22(19(16)14-17)28(23,24)5-2/h8-11,13-14,21H,4-7,12H2,1-3H3. The molecule has 1 aliphatic heterocycles. The van der Waals surface area contributed by atoms with E-state index < -0.39 is 20.0 Å². The van der Waals surface area contributed by atoms with Gasteiger partial charge >= 0.3 is 0 Å². The summed E-state index contributed by atoms with van der Waals surface area (Å²) < 4.78 is 60.0. The van der Waals surface area contributed by atoms with Crippen LogP contribution >= 0.6 is 0 Å². The van der Waals surface area contributed by atoms with Crippen LogP contribution in [0.5, 0.6) is 5.75 Å². The smallest absolute Gasteiger partial charge is 0.261 e. The number of benzene rings is 2. The Morgan fingerprint density at radius 2 is 1.83 bits per heavy atom. The van der Waals surface area contributed by atoms with Gasteiger partial charge in [0.05, 0.1) is 28.6 Å². The van der Waals surface area contributed by atoms with Crippen LogP contribution in [0, 0.1) is 6.92 Å². The van der Waals surface area contributed by atoms with Crippen molar-refractivity contribution in [3.8, 4) is 5.75 Å². The van der Waals surface area contributed by atoms with Crippen LogP contribution in [0.2, 0.25) is 0 Å². The fourth-order valence-electron chi connectivity index (χ4n) is 3.37. The van der Waals surface area contributed by atoms with Gasteiger partial charge in [-0.1, -0.05) is 6.07 Å². The summed E-state index contributed by atoms with van der Waals surface area (Å²) in [6.07, 6.45) is 1.50. The van der Waals surface area contributed by atoms with Crippen LogP contribution in [-0.4, -0.2) is 35.7 Å². The largest absolute Gasteiger partial charge is 0.494 e. The van der Waals surface area contributed by atoms with E-state index in [1.165, 1.54) is 10.4 Å². The van der Waals surface area contributed by atoms with Crippen LogP contribution in [0.1, 0.15) is 31.4 Å². The molecule has 0 saturated heterocycles. The van der Waals surface area contributed by atoms with Crippen LogP contribution in [0.15, 0.2) is 41.3 Å². The Hall–Kier alpha value is -2.26. The molecule has 0 radical (unpaired) electrons. The molecule has 9 heteroatoms. The number of sulfonamides is 2. The van der Waals surface area contributed by atoms with Crippen LogP contribution < -0.4 is 13.8 Å². The maximum atomic E-state index is 12.8. The topological polar surface area (TPSA) is 92.8 Å². The summed E-state index contributed by atoms with van der Waals surface area (Å²) >= 11 is 0. The molecule has 1 heterocycles. The van der Waals surface area contributed by atoms with E-state index in [9.17, 15) is 16.8 Å². The molecule has 7 nitrogen and oxygen atoms in total. The van der Waals surface area contributed by atoms with Crippen molar-refractivity contribution in [1.82, 2.24) is 0 Å². The van der Waals surface area contributed by atoms with Crippen molar-refractivity contribution in [2.45, 2.75) is 38.5 Å². The van der Waals surface area contributed by atoms with Crippen molar-refractivity contribution < 1.29 is 21.6 Å². The van der Waals surface area contributed by atoms with Gasteiger partial charge < -0.3 is 4.74 Å². The molecule has 2 aromatic carbocycles. The lowest BCUT2D eigenvalue weighted by molar-refractivity contribution is 0.337. The van der Waals surface area contributed by atoms with E-state index in [0.29, 0.717) is 30.3 Å². The SMILES string of the molecule is CCOc1ccc(S(=O)(=O)Nc2ccc3c(c2)N(S(=O)(=O)CC)CCC3)cc1C. The quantitative estimate of drug-likeness (QED) is 0.716. The van der Waals surface area contributed by atoms with E-state index in [1.54, 1.807) is 44.2 Å². The zero-order valence-corrected chi connectivity index (χ0v) is 18.4. The van der Waals surface area contributed by atoms with Gasteiger partial charge in [0, 0.05) is 6.54 Å². The van der Waals surface area contributed by atoms with Crippen molar-refractivity contribution >= 4 is 31.4 Å². The summed E-state index contributed by atoms with van der Waals surface area (Å²) in [5, 5.41) is 0. The Labute approximate surface area is 172 Å². The van der Waals surface area contributed by atoms with Gasteiger partial charge in [0.2, 0.25) is 10.0 Å². The molecule has 0 amide bonds. The summed E-state index contributed by atoms with van der Waals surface area (Å²) in [5.74, 6) is 0.633. The zero-order chi connectivity index (χ0) is 21.2. The average Bonchev–Trinajstić information content (AvgIpc) is 2.68. The number of rotatable bonds is 7. The molecule has 0 spiro atoms. The highest BCUT2D eigenvalue weighted by Crippen LogP contribution is 2.33. The normalized spacial score (nSPS) is 14.4. The second-order valence-electron chi connectivity index (χ2n) is 6.89. The molecular formula is C20H26N2O5S2. The molecule has 2 aromatic rings. The molecule has 0 aromatic heterocycles. The first-order chi connectivity index (χ1) is 13.7. The van der Waals surface area contributed by atoms with Gasteiger partial charge in [-0.05, 0) is 75.1 Å². The molecule has 0 bridgehead atoms. The third-order valence-electron chi connectivity index (χ3n) is 4.87. The number of hydrogen-bond donors (Lipinski definition) is 1. The fourth-order valence-corrected chi connectivity index (χ4v) is 5.69. The highest BCUT2D eigenvalue weighted by molar-refractivity contribution is 7.93. The van der Waals surface area contributed by atoms with E-state index >= 15 is 0 Å². The number of nitrogens with zero attached hydrogens (tertiary/aromatic N) is 1. The minimum absolute atomic E-state index is 0.00610. The molecule has 0 fully saturated rings. The van der Waals surface area contributed by atoms with E-state index in [4.69, 9.17) is 4.74 Å². The maximum absolute atomic E-state index is 12.8. The average molecular weight is 439 g/mol. The second kappa shape index (κ2) is 8.23. The third-order valence-corrected chi connectivity index (χ3v) is 8.03. The molecule has 1 N–H and O–H groups in total. The Morgan fingerprint density at radius 3 is 2.48 bits per heavy atom. The number of fused-ring (bicyclic) bond motifs is 1. The number of nitrogens with one attached hydrogen (secondary N) is 1. The molecule has 3 rings (SSSR count). The highest BCUT2D eigenvalue weighted by Gasteiger charge is 2.27.